The number of aromatic hydroxyl groups is 1. The molecule has 0 aliphatic heterocycles. The molecule has 3 aliphatic rings. The largest absolute Gasteiger partial charge is 0.759 e. The zero-order valence-corrected chi connectivity index (χ0v) is 21.6. The molecule has 6 N–H and O–H groups in total. The number of aliphatic hydroxyl groups excluding tert-OH is 2. The van der Waals surface area contributed by atoms with Crippen molar-refractivity contribution >= 4 is 39.3 Å². The summed E-state index contributed by atoms with van der Waals surface area (Å²) >= 11 is 0. The first-order chi connectivity index (χ1) is 17.3. The lowest BCUT2D eigenvalue weighted by Crippen LogP contribution is -2.65. The molecule has 0 unspecified atom stereocenters. The van der Waals surface area contributed by atoms with Crippen molar-refractivity contribution in [3.8, 4) is 5.75 Å². The molecule has 38 heavy (non-hydrogen) atoms. The molecule has 208 valence electrons. The molecule has 0 aromatic heterocycles. The fourth-order valence-electron chi connectivity index (χ4n) is 5.65. The summed E-state index contributed by atoms with van der Waals surface area (Å²) in [5, 5.41) is 43.9. The number of rotatable bonds is 3. The average Bonchev–Trinajstić information content (AvgIpc) is 2.74. The number of carbonyl (C=O) groups excluding carboxylic acids is 3. The molecule has 14 nitrogen and oxygen atoms in total. The average molecular weight is 554 g/mol. The molecule has 1 aromatic carbocycles. The fourth-order valence-corrected chi connectivity index (χ4v) is 5.65. The van der Waals surface area contributed by atoms with E-state index in [4.69, 9.17) is 23.3 Å². The number of primary amides is 1. The van der Waals surface area contributed by atoms with Gasteiger partial charge in [-0.2, -0.15) is 0 Å². The van der Waals surface area contributed by atoms with Crippen LogP contribution in [0.1, 0.15) is 17.5 Å². The van der Waals surface area contributed by atoms with Crippen LogP contribution < -0.4 is 10.6 Å². The lowest BCUT2D eigenvalue weighted by atomic mass is 9.57. The minimum Gasteiger partial charge on any atom is -0.759 e. The second-order valence-corrected chi connectivity index (χ2v) is 10.5. The van der Waals surface area contributed by atoms with Crippen LogP contribution in [0.25, 0.3) is 5.76 Å². The molecule has 0 radical (unpaired) electrons. The maximum absolute atomic E-state index is 13.7. The van der Waals surface area contributed by atoms with Crippen molar-refractivity contribution in [1.82, 2.24) is 4.90 Å². The maximum atomic E-state index is 13.7. The Morgan fingerprint density at radius 1 is 1.11 bits per heavy atom. The first kappa shape index (κ1) is 29.1. The Morgan fingerprint density at radius 2 is 1.66 bits per heavy atom. The number of likely N-dealkylation sites (N-methyl/N-ethyl adjacent to an activating group) is 1. The van der Waals surface area contributed by atoms with E-state index in [2.05, 4.69) is 0 Å². The van der Waals surface area contributed by atoms with E-state index in [-0.39, 0.29) is 29.7 Å². The zero-order chi connectivity index (χ0) is 29.1. The van der Waals surface area contributed by atoms with E-state index < -0.39 is 68.4 Å². The van der Waals surface area contributed by atoms with Crippen molar-refractivity contribution in [2.24, 2.45) is 17.6 Å². The van der Waals surface area contributed by atoms with Gasteiger partial charge in [0.1, 0.15) is 22.8 Å². The lowest BCUT2D eigenvalue weighted by Gasteiger charge is -2.50. The van der Waals surface area contributed by atoms with Crippen LogP contribution in [-0.2, 0) is 31.2 Å². The molecule has 1 aromatic rings. The summed E-state index contributed by atoms with van der Waals surface area (Å²) in [5.41, 5.74) is 3.15. The van der Waals surface area contributed by atoms with Crippen molar-refractivity contribution in [1.29, 1.82) is 0 Å². The molecule has 0 spiro atoms. The van der Waals surface area contributed by atoms with Crippen molar-refractivity contribution in [3.63, 3.8) is 0 Å². The van der Waals surface area contributed by atoms with Gasteiger partial charge in [-0.25, -0.2) is 0 Å². The summed E-state index contributed by atoms with van der Waals surface area (Å²) < 4.78 is 34.1. The Balaban J connectivity index is 0.000000732. The summed E-state index contributed by atoms with van der Waals surface area (Å²) in [6.45, 7) is 0. The highest BCUT2D eigenvalue weighted by Crippen LogP contribution is 2.53. The number of Topliss-reactive ketones (excluding diaryl/α,β-unsaturated/α-hetero) is 2. The molecule has 3 aliphatic carbocycles. The summed E-state index contributed by atoms with van der Waals surface area (Å²) in [6, 6.07) is 2.01. The van der Waals surface area contributed by atoms with Gasteiger partial charge in [-0.1, -0.05) is 0 Å². The standard InChI is InChI=1S/C23H27N3O7.H2O4S/c1-25(2)12-5-6-13(27)15-10(12)7-9-8-11-17(26(3)4)19(29)16(22(24)32)21(31)23(11,33)20(30)14(9)18(15)28;1-5(2,3)4/h5-6,9,11,17,27-28,31,33H,7-8H2,1-4H3,(H2,24,32);(H2,1,2,3,4)/p-2/t9-,11-,17-,23-;/m0./s1. The van der Waals surface area contributed by atoms with Gasteiger partial charge < -0.3 is 40.2 Å². The quantitative estimate of drug-likeness (QED) is 0.166. The van der Waals surface area contributed by atoms with Gasteiger partial charge in [0.25, 0.3) is 5.91 Å². The van der Waals surface area contributed by atoms with Crippen LogP contribution in [0.5, 0.6) is 5.75 Å². The molecule has 1 saturated carbocycles. The van der Waals surface area contributed by atoms with Crippen molar-refractivity contribution < 1.29 is 52.3 Å². The number of nitrogens with zero attached hydrogens (tertiary/aromatic N) is 2. The highest BCUT2D eigenvalue weighted by Gasteiger charge is 2.64. The molecule has 4 atom stereocenters. The molecule has 0 heterocycles. The van der Waals surface area contributed by atoms with Crippen LogP contribution >= 0.6 is 0 Å². The number of phenols is 1. The van der Waals surface area contributed by atoms with Crippen LogP contribution in [-0.4, -0.2) is 100 Å². The van der Waals surface area contributed by atoms with E-state index in [1.807, 2.05) is 19.0 Å². The third kappa shape index (κ3) is 4.63. The maximum Gasteiger partial charge on any atom is 0.255 e. The van der Waals surface area contributed by atoms with Gasteiger partial charge in [0.2, 0.25) is 5.78 Å². The van der Waals surface area contributed by atoms with Crippen molar-refractivity contribution in [2.75, 3.05) is 33.1 Å². The van der Waals surface area contributed by atoms with Gasteiger partial charge in [0.15, 0.2) is 11.4 Å². The lowest BCUT2D eigenvalue weighted by molar-refractivity contribution is -0.153. The minimum atomic E-state index is -5.17. The van der Waals surface area contributed by atoms with E-state index in [0.29, 0.717) is 5.56 Å². The normalized spacial score (nSPS) is 26.8. The Labute approximate surface area is 217 Å². The summed E-state index contributed by atoms with van der Waals surface area (Å²) in [6.07, 6.45) is 0.324. The Kier molecular flexibility index (Phi) is 7.39. The molecule has 1 amide bonds. The highest BCUT2D eigenvalue weighted by atomic mass is 32.3. The van der Waals surface area contributed by atoms with Gasteiger partial charge >= 0.3 is 0 Å². The van der Waals surface area contributed by atoms with Gasteiger partial charge in [-0.15, -0.1) is 0 Å². The van der Waals surface area contributed by atoms with Crippen molar-refractivity contribution in [2.45, 2.75) is 24.5 Å². The number of amides is 1. The third-order valence-corrected chi connectivity index (χ3v) is 7.06. The molecule has 15 heteroatoms. The third-order valence-electron chi connectivity index (χ3n) is 7.06. The SMILES string of the molecule is CN(C)c1ccc(O)c2c1C[C@H]1C[C@H]3[C@H](N(C)C)C(=O)C(C(N)=O)=C(O)[C@@]3(O)C(=O)C1=C2O.O=S(=O)([O-])[O-]. The second kappa shape index (κ2) is 9.67. The number of benzene rings is 1. The molecular formula is C23H27N3O11S-2. The highest BCUT2D eigenvalue weighted by molar-refractivity contribution is 7.79. The number of ketones is 2. The molecule has 0 bridgehead atoms. The zero-order valence-electron chi connectivity index (χ0n) is 20.8. The topological polar surface area (TPSA) is 245 Å². The predicted octanol–water partition coefficient (Wildman–Crippen LogP) is -1.31. The Bertz CT molecular complexity index is 1390. The van der Waals surface area contributed by atoms with Gasteiger partial charge in [-0.05, 0) is 50.6 Å². The van der Waals surface area contributed by atoms with Gasteiger partial charge in [0.05, 0.1) is 11.6 Å². The van der Waals surface area contributed by atoms with Crippen LogP contribution in [0.15, 0.2) is 29.0 Å². The Hall–Kier alpha value is -3.50. The van der Waals surface area contributed by atoms with E-state index in [9.17, 15) is 34.8 Å². The summed E-state index contributed by atoms with van der Waals surface area (Å²) in [7, 11) is 1.58. The second-order valence-electron chi connectivity index (χ2n) is 9.72. The monoisotopic (exact) mass is 553 g/mol. The number of nitrogens with two attached hydrogens (primary N) is 1. The van der Waals surface area contributed by atoms with Crippen LogP contribution in [0.4, 0.5) is 5.69 Å². The number of anilines is 1. The summed E-state index contributed by atoms with van der Waals surface area (Å²) in [4.78, 5) is 42.0. The van der Waals surface area contributed by atoms with E-state index in [1.165, 1.54) is 11.0 Å². The predicted molar refractivity (Wildman–Crippen MR) is 129 cm³/mol. The van der Waals surface area contributed by atoms with Gasteiger partial charge in [0, 0.05) is 41.7 Å². The molecule has 1 fully saturated rings. The van der Waals surface area contributed by atoms with Gasteiger partial charge in [-0.3, -0.25) is 27.7 Å². The molecule has 4 rings (SSSR count). The smallest absolute Gasteiger partial charge is 0.255 e. The number of phenolic OH excluding ortho intramolecular Hbond substituents is 1. The van der Waals surface area contributed by atoms with E-state index >= 15 is 0 Å². The van der Waals surface area contributed by atoms with Crippen LogP contribution in [0.2, 0.25) is 0 Å². The fraction of sp³-hybridized carbons (Fsp3) is 0.435. The number of hydrogen-bond acceptors (Lipinski definition) is 13. The number of aliphatic hydroxyl groups is 3. The Morgan fingerprint density at radius 3 is 2.13 bits per heavy atom. The van der Waals surface area contributed by atoms with E-state index in [0.717, 1.165) is 5.69 Å². The van der Waals surface area contributed by atoms with Crippen LogP contribution in [0, 0.1) is 11.8 Å². The first-order valence-corrected chi connectivity index (χ1v) is 12.5. The molecular weight excluding hydrogens is 526 g/mol. The number of fused-ring (bicyclic) bond motifs is 3. The summed E-state index contributed by atoms with van der Waals surface area (Å²) in [5.74, 6) is -6.54. The van der Waals surface area contributed by atoms with Crippen molar-refractivity contribution in [3.05, 3.63) is 40.2 Å². The number of hydrogen-bond donors (Lipinski definition) is 5. The van der Waals surface area contributed by atoms with E-state index in [1.54, 1.807) is 20.2 Å². The number of carbonyl (C=O) groups is 3. The first-order valence-electron chi connectivity index (χ1n) is 11.2. The van der Waals surface area contributed by atoms with Crippen LogP contribution in [0.3, 0.4) is 0 Å². The minimum absolute atomic E-state index is 0.0638. The molecule has 0 saturated heterocycles.